The predicted molar refractivity (Wildman–Crippen MR) is 157 cm³/mol. The lowest BCUT2D eigenvalue weighted by Crippen LogP contribution is -2.43. The highest BCUT2D eigenvalue weighted by atomic mass is 19.1. The van der Waals surface area contributed by atoms with Crippen molar-refractivity contribution in [2.24, 2.45) is 11.8 Å². The standard InChI is InChI=1S/C32H29FN4O9/c1-40-22-6-5-16(9-20(22)33)37-12-21(35-36-37)31(38)34-29-18-11-24-23(45-14-46-24)10-17(18)27(28-19(29)13-44-32(28)39)15-7-25(41-2)30(43-4)26(8-15)42-3/h5-12,19,27-29H,13-14H2,1-4H3,(H,34,38)/t19-,27+,28-,29+/m0/s1. The number of carbonyl (C=O) groups excluding carboxylic acids is 2. The van der Waals surface area contributed by atoms with E-state index in [0.717, 1.165) is 16.7 Å². The summed E-state index contributed by atoms with van der Waals surface area (Å²) in [5, 5.41) is 11.1. The summed E-state index contributed by atoms with van der Waals surface area (Å²) in [5.74, 6) is -0.818. The summed E-state index contributed by atoms with van der Waals surface area (Å²) in [6.45, 7) is 0.106. The number of rotatable bonds is 8. The maximum absolute atomic E-state index is 14.3. The van der Waals surface area contributed by atoms with Crippen LogP contribution in [-0.4, -0.2) is 68.7 Å². The molecular weight excluding hydrogens is 603 g/mol. The molecule has 4 atom stereocenters. The van der Waals surface area contributed by atoms with Gasteiger partial charge in [-0.05, 0) is 53.1 Å². The molecule has 46 heavy (non-hydrogen) atoms. The Bertz CT molecular complexity index is 1840. The first kappa shape index (κ1) is 29.2. The van der Waals surface area contributed by atoms with E-state index >= 15 is 0 Å². The number of hydrogen-bond acceptors (Lipinski definition) is 11. The van der Waals surface area contributed by atoms with Crippen LogP contribution in [0, 0.1) is 17.7 Å². The molecule has 1 amide bonds. The second kappa shape index (κ2) is 11.4. The summed E-state index contributed by atoms with van der Waals surface area (Å²) in [4.78, 5) is 27.1. The van der Waals surface area contributed by atoms with Gasteiger partial charge in [-0.2, -0.15) is 0 Å². The van der Waals surface area contributed by atoms with Gasteiger partial charge in [-0.15, -0.1) is 5.10 Å². The van der Waals surface area contributed by atoms with E-state index in [0.29, 0.717) is 34.4 Å². The monoisotopic (exact) mass is 632 g/mol. The first-order valence-electron chi connectivity index (χ1n) is 14.3. The number of halogens is 1. The van der Waals surface area contributed by atoms with Crippen molar-refractivity contribution in [2.75, 3.05) is 41.8 Å². The average Bonchev–Trinajstić information content (AvgIpc) is 3.83. The molecule has 2 aliphatic heterocycles. The van der Waals surface area contributed by atoms with Crippen LogP contribution in [0.1, 0.15) is 39.1 Å². The van der Waals surface area contributed by atoms with E-state index in [9.17, 15) is 14.0 Å². The van der Waals surface area contributed by atoms with Crippen molar-refractivity contribution in [3.63, 3.8) is 0 Å². The minimum absolute atomic E-state index is 0.00735. The van der Waals surface area contributed by atoms with Gasteiger partial charge in [-0.1, -0.05) is 5.21 Å². The zero-order valence-corrected chi connectivity index (χ0v) is 25.2. The molecule has 0 saturated carbocycles. The lowest BCUT2D eigenvalue weighted by atomic mass is 9.65. The Labute approximate surface area is 262 Å². The number of cyclic esters (lactones) is 1. The van der Waals surface area contributed by atoms with Crippen molar-refractivity contribution in [3.8, 4) is 40.2 Å². The molecule has 1 fully saturated rings. The van der Waals surface area contributed by atoms with E-state index in [1.807, 2.05) is 24.3 Å². The fourth-order valence-corrected chi connectivity index (χ4v) is 6.54. The van der Waals surface area contributed by atoms with Crippen LogP contribution in [0.15, 0.2) is 48.7 Å². The molecule has 0 bridgehead atoms. The van der Waals surface area contributed by atoms with E-state index in [1.54, 1.807) is 6.07 Å². The third-order valence-electron chi connectivity index (χ3n) is 8.65. The first-order chi connectivity index (χ1) is 22.3. The fraction of sp³-hybridized carbons (Fsp3) is 0.312. The average molecular weight is 633 g/mol. The van der Waals surface area contributed by atoms with Crippen LogP contribution in [0.2, 0.25) is 0 Å². The minimum atomic E-state index is -0.682. The molecule has 0 unspecified atom stereocenters. The van der Waals surface area contributed by atoms with E-state index in [2.05, 4.69) is 15.6 Å². The van der Waals surface area contributed by atoms with Gasteiger partial charge < -0.3 is 38.5 Å². The van der Waals surface area contributed by atoms with Gasteiger partial charge in [0.1, 0.15) is 0 Å². The van der Waals surface area contributed by atoms with Gasteiger partial charge in [0, 0.05) is 17.9 Å². The van der Waals surface area contributed by atoms with E-state index in [1.165, 1.54) is 51.5 Å². The molecule has 14 heteroatoms. The van der Waals surface area contributed by atoms with Gasteiger partial charge in [-0.3, -0.25) is 9.59 Å². The lowest BCUT2D eigenvalue weighted by molar-refractivity contribution is -0.141. The second-order valence-corrected chi connectivity index (χ2v) is 10.9. The van der Waals surface area contributed by atoms with E-state index in [4.69, 9.17) is 33.2 Å². The zero-order valence-electron chi connectivity index (χ0n) is 25.2. The van der Waals surface area contributed by atoms with Gasteiger partial charge in [0.15, 0.2) is 40.3 Å². The zero-order chi connectivity index (χ0) is 32.1. The van der Waals surface area contributed by atoms with Crippen molar-refractivity contribution >= 4 is 11.9 Å². The van der Waals surface area contributed by atoms with Gasteiger partial charge in [-0.25, -0.2) is 9.07 Å². The maximum atomic E-state index is 14.3. The Balaban J connectivity index is 1.29. The number of carbonyl (C=O) groups is 2. The number of nitrogens with one attached hydrogen (secondary N) is 1. The molecule has 1 aliphatic carbocycles. The van der Waals surface area contributed by atoms with Gasteiger partial charge in [0.25, 0.3) is 5.91 Å². The summed E-state index contributed by atoms with van der Waals surface area (Å²) < 4.78 is 54.4. The molecule has 0 spiro atoms. The Morgan fingerprint density at radius 3 is 2.26 bits per heavy atom. The summed E-state index contributed by atoms with van der Waals surface area (Å²) >= 11 is 0. The van der Waals surface area contributed by atoms with Crippen LogP contribution in [0.5, 0.6) is 34.5 Å². The Kier molecular flexibility index (Phi) is 7.26. The Hall–Kier alpha value is -5.53. The van der Waals surface area contributed by atoms with Crippen LogP contribution < -0.4 is 33.7 Å². The highest BCUT2D eigenvalue weighted by molar-refractivity contribution is 5.92. The maximum Gasteiger partial charge on any atom is 0.310 e. The largest absolute Gasteiger partial charge is 0.494 e. The number of hydrogen-bond donors (Lipinski definition) is 1. The third-order valence-corrected chi connectivity index (χ3v) is 8.65. The predicted octanol–water partition coefficient (Wildman–Crippen LogP) is 3.58. The molecule has 7 rings (SSSR count). The summed E-state index contributed by atoms with van der Waals surface area (Å²) in [7, 11) is 5.93. The number of fused-ring (bicyclic) bond motifs is 3. The normalized spacial score (nSPS) is 20.8. The fourth-order valence-electron chi connectivity index (χ4n) is 6.54. The number of amides is 1. The number of esters is 1. The van der Waals surface area contributed by atoms with Gasteiger partial charge in [0.05, 0.1) is 58.9 Å². The third kappa shape index (κ3) is 4.68. The highest BCUT2D eigenvalue weighted by Gasteiger charge is 2.53. The van der Waals surface area contributed by atoms with Crippen molar-refractivity contribution in [1.82, 2.24) is 20.3 Å². The number of methoxy groups -OCH3 is 4. The van der Waals surface area contributed by atoms with Crippen LogP contribution in [0.3, 0.4) is 0 Å². The van der Waals surface area contributed by atoms with E-state index < -0.39 is 41.5 Å². The molecule has 4 aromatic rings. The molecule has 1 saturated heterocycles. The first-order valence-corrected chi connectivity index (χ1v) is 14.3. The Morgan fingerprint density at radius 1 is 0.913 bits per heavy atom. The topological polar surface area (TPSA) is 141 Å². The van der Waals surface area contributed by atoms with Crippen LogP contribution >= 0.6 is 0 Å². The number of benzene rings is 3. The molecule has 13 nitrogen and oxygen atoms in total. The minimum Gasteiger partial charge on any atom is -0.494 e. The SMILES string of the molecule is COc1ccc(-n2cc(C(=O)N[C@@H]3c4cc5c(cc4[C@@H](c4cc(OC)c(OC)c(OC)c4)[C@H]4C(=O)OC[C@@H]43)OCO5)nn2)cc1F. The molecule has 3 heterocycles. The molecule has 3 aliphatic rings. The quantitative estimate of drug-likeness (QED) is 0.285. The smallest absolute Gasteiger partial charge is 0.310 e. The molecule has 238 valence electrons. The second-order valence-electron chi connectivity index (χ2n) is 10.9. The van der Waals surface area contributed by atoms with Crippen LogP contribution in [-0.2, 0) is 9.53 Å². The van der Waals surface area contributed by atoms with Gasteiger partial charge >= 0.3 is 5.97 Å². The number of ether oxygens (including phenoxy) is 7. The molecule has 1 N–H and O–H groups in total. The molecule has 0 radical (unpaired) electrons. The number of aromatic nitrogens is 3. The van der Waals surface area contributed by atoms with Crippen molar-refractivity contribution in [1.29, 1.82) is 0 Å². The van der Waals surface area contributed by atoms with Crippen molar-refractivity contribution in [3.05, 3.63) is 76.9 Å². The molecular formula is C32H29FN4O9. The van der Waals surface area contributed by atoms with Gasteiger partial charge in [0.2, 0.25) is 12.5 Å². The van der Waals surface area contributed by atoms with Crippen LogP contribution in [0.25, 0.3) is 5.69 Å². The van der Waals surface area contributed by atoms with E-state index in [-0.39, 0.29) is 24.8 Å². The summed E-state index contributed by atoms with van der Waals surface area (Å²) in [6, 6.07) is 10.9. The number of nitrogens with zero attached hydrogens (tertiary/aromatic N) is 3. The summed E-state index contributed by atoms with van der Waals surface area (Å²) in [6.07, 6.45) is 1.40. The molecule has 3 aromatic carbocycles. The Morgan fingerprint density at radius 2 is 1.61 bits per heavy atom. The van der Waals surface area contributed by atoms with Crippen LogP contribution in [0.4, 0.5) is 4.39 Å². The highest BCUT2D eigenvalue weighted by Crippen LogP contribution is 2.55. The van der Waals surface area contributed by atoms with Crippen molar-refractivity contribution < 1.29 is 47.1 Å². The lowest BCUT2D eigenvalue weighted by Gasteiger charge is -2.39. The summed E-state index contributed by atoms with van der Waals surface area (Å²) in [5.41, 5.74) is 2.53. The molecule has 1 aromatic heterocycles. The van der Waals surface area contributed by atoms with Crippen molar-refractivity contribution in [2.45, 2.75) is 12.0 Å².